The summed E-state index contributed by atoms with van der Waals surface area (Å²) < 4.78 is 54.9. The van der Waals surface area contributed by atoms with Crippen LogP contribution in [-0.4, -0.2) is 32.8 Å². The topological polar surface area (TPSA) is 81.7 Å². The van der Waals surface area contributed by atoms with E-state index in [0.717, 1.165) is 31.0 Å². The third kappa shape index (κ3) is 4.80. The maximum Gasteiger partial charge on any atom is 0.416 e. The number of hydrogen-bond donors (Lipinski definition) is 2. The lowest BCUT2D eigenvalue weighted by Gasteiger charge is -2.10. The van der Waals surface area contributed by atoms with E-state index >= 15 is 0 Å². The highest BCUT2D eigenvalue weighted by Gasteiger charge is 2.31. The summed E-state index contributed by atoms with van der Waals surface area (Å²) >= 11 is 0. The maximum absolute atomic E-state index is 14.2. The molecule has 0 aliphatic rings. The maximum atomic E-state index is 14.2. The molecule has 0 unspecified atom stereocenters. The van der Waals surface area contributed by atoms with Crippen molar-refractivity contribution in [3.8, 4) is 22.4 Å². The predicted molar refractivity (Wildman–Crippen MR) is 118 cm³/mol. The van der Waals surface area contributed by atoms with E-state index in [-0.39, 0.29) is 11.1 Å². The molecule has 0 atom stereocenters. The van der Waals surface area contributed by atoms with E-state index in [0.29, 0.717) is 41.3 Å². The van der Waals surface area contributed by atoms with Crippen molar-refractivity contribution in [2.75, 3.05) is 18.4 Å². The van der Waals surface area contributed by atoms with Crippen molar-refractivity contribution in [3.05, 3.63) is 60.0 Å². The van der Waals surface area contributed by atoms with Gasteiger partial charge in [-0.3, -0.25) is 0 Å². The van der Waals surface area contributed by atoms with Gasteiger partial charge >= 0.3 is 6.18 Å². The molecule has 6 nitrogen and oxygen atoms in total. The molecule has 1 radical (unpaired) electrons. The molecule has 171 valence electrons. The lowest BCUT2D eigenvalue weighted by Crippen LogP contribution is -2.08. The van der Waals surface area contributed by atoms with Crippen LogP contribution < -0.4 is 11.1 Å². The molecule has 2 heterocycles. The number of nitrogens with zero attached hydrogens (tertiary/aromatic N) is 4. The van der Waals surface area contributed by atoms with Crippen LogP contribution in [0.15, 0.2) is 42.6 Å². The molecular formula is C23H21F4N6. The summed E-state index contributed by atoms with van der Waals surface area (Å²) in [5.41, 5.74) is 6.49. The van der Waals surface area contributed by atoms with Crippen molar-refractivity contribution in [1.82, 2.24) is 19.7 Å². The van der Waals surface area contributed by atoms with Crippen molar-refractivity contribution in [3.63, 3.8) is 0 Å². The number of hydrogen-bond acceptors (Lipinski definition) is 5. The van der Waals surface area contributed by atoms with E-state index in [1.807, 2.05) is 0 Å². The predicted octanol–water partition coefficient (Wildman–Crippen LogP) is 4.81. The van der Waals surface area contributed by atoms with Gasteiger partial charge in [-0.15, -0.1) is 0 Å². The van der Waals surface area contributed by atoms with E-state index in [1.54, 1.807) is 30.1 Å². The second kappa shape index (κ2) is 9.14. The molecule has 10 heteroatoms. The van der Waals surface area contributed by atoms with Crippen molar-refractivity contribution in [2.24, 2.45) is 12.8 Å². The smallest absolute Gasteiger partial charge is 0.354 e. The van der Waals surface area contributed by atoms with Crippen molar-refractivity contribution in [1.29, 1.82) is 0 Å². The minimum atomic E-state index is -4.56. The number of aromatic nitrogens is 4. The zero-order valence-electron chi connectivity index (χ0n) is 17.7. The van der Waals surface area contributed by atoms with Gasteiger partial charge in [0.15, 0.2) is 5.65 Å². The van der Waals surface area contributed by atoms with Gasteiger partial charge in [-0.05, 0) is 55.3 Å². The quantitative estimate of drug-likeness (QED) is 0.308. The molecule has 0 saturated carbocycles. The van der Waals surface area contributed by atoms with Gasteiger partial charge < -0.3 is 11.1 Å². The molecule has 4 aromatic rings. The van der Waals surface area contributed by atoms with E-state index in [9.17, 15) is 17.6 Å². The molecule has 3 N–H and O–H groups in total. The number of nitrogens with one attached hydrogen (secondary N) is 1. The van der Waals surface area contributed by atoms with Gasteiger partial charge in [0.1, 0.15) is 11.5 Å². The summed E-state index contributed by atoms with van der Waals surface area (Å²) in [7, 11) is 1.75. The Morgan fingerprint density at radius 3 is 2.67 bits per heavy atom. The van der Waals surface area contributed by atoms with Crippen LogP contribution in [0, 0.1) is 11.9 Å². The summed E-state index contributed by atoms with van der Waals surface area (Å²) in [6, 6.07) is 9.95. The minimum absolute atomic E-state index is 0.146. The number of rotatable bonds is 7. The summed E-state index contributed by atoms with van der Waals surface area (Å²) in [6.07, 6.45) is -1.09. The van der Waals surface area contributed by atoms with Crippen LogP contribution in [0.3, 0.4) is 0 Å². The number of halogens is 4. The van der Waals surface area contributed by atoms with Gasteiger partial charge in [-0.25, -0.2) is 14.1 Å². The number of unbranched alkanes of at least 4 members (excludes halogenated alkanes) is 1. The molecule has 2 aromatic heterocycles. The summed E-state index contributed by atoms with van der Waals surface area (Å²) in [4.78, 5) is 8.84. The minimum Gasteiger partial charge on any atom is -0.354 e. The standard InChI is InChI=1S/C23H21F4N6/c1-33-21-18(13-30-22(31-21)29-11-3-2-10-28)20(32-33)15-6-4-14(5-7-15)17-12-16(23(25,26)27)8-9-19(17)24/h4-6,8-9,12-13H,2-3,10-11,28H2,1H3,(H,29,30,31). The molecule has 33 heavy (non-hydrogen) atoms. The van der Waals surface area contributed by atoms with Gasteiger partial charge in [0.05, 0.1) is 10.9 Å². The molecular weight excluding hydrogens is 436 g/mol. The van der Waals surface area contributed by atoms with Crippen LogP contribution in [0.4, 0.5) is 23.5 Å². The van der Waals surface area contributed by atoms with Gasteiger partial charge in [0.2, 0.25) is 5.95 Å². The van der Waals surface area contributed by atoms with E-state index < -0.39 is 17.6 Å². The van der Waals surface area contributed by atoms with Gasteiger partial charge in [0, 0.05) is 30.9 Å². The molecule has 2 aromatic carbocycles. The highest BCUT2D eigenvalue weighted by Crippen LogP contribution is 2.34. The highest BCUT2D eigenvalue weighted by atomic mass is 19.4. The van der Waals surface area contributed by atoms with Gasteiger partial charge in [-0.1, -0.05) is 12.1 Å². The molecule has 0 amide bonds. The number of anilines is 1. The second-order valence-corrected chi connectivity index (χ2v) is 7.51. The number of benzene rings is 2. The van der Waals surface area contributed by atoms with Crippen LogP contribution in [-0.2, 0) is 13.2 Å². The first-order valence-corrected chi connectivity index (χ1v) is 10.3. The monoisotopic (exact) mass is 457 g/mol. The fourth-order valence-corrected chi connectivity index (χ4v) is 3.45. The number of aryl methyl sites for hydroxylation is 1. The van der Waals surface area contributed by atoms with E-state index in [2.05, 4.69) is 26.4 Å². The van der Waals surface area contributed by atoms with Crippen LogP contribution >= 0.6 is 0 Å². The Morgan fingerprint density at radius 1 is 1.15 bits per heavy atom. The number of nitrogens with two attached hydrogens (primary N) is 1. The van der Waals surface area contributed by atoms with E-state index in [4.69, 9.17) is 5.73 Å². The van der Waals surface area contributed by atoms with Crippen LogP contribution in [0.5, 0.6) is 0 Å². The molecule has 0 bridgehead atoms. The molecule has 0 aliphatic carbocycles. The summed E-state index contributed by atoms with van der Waals surface area (Å²) in [6.45, 7) is 1.33. The average molecular weight is 457 g/mol. The zero-order valence-corrected chi connectivity index (χ0v) is 17.7. The average Bonchev–Trinajstić information content (AvgIpc) is 3.12. The van der Waals surface area contributed by atoms with Gasteiger partial charge in [0.25, 0.3) is 0 Å². The Morgan fingerprint density at radius 2 is 1.97 bits per heavy atom. The fourth-order valence-electron chi connectivity index (χ4n) is 3.45. The largest absolute Gasteiger partial charge is 0.416 e. The third-order valence-corrected chi connectivity index (χ3v) is 5.17. The molecule has 0 fully saturated rings. The van der Waals surface area contributed by atoms with E-state index in [1.165, 1.54) is 6.07 Å². The lowest BCUT2D eigenvalue weighted by molar-refractivity contribution is -0.137. The summed E-state index contributed by atoms with van der Waals surface area (Å²) in [5, 5.41) is 8.34. The first-order valence-electron chi connectivity index (χ1n) is 10.3. The molecule has 4 rings (SSSR count). The highest BCUT2D eigenvalue weighted by molar-refractivity contribution is 5.91. The van der Waals surface area contributed by atoms with Crippen LogP contribution in [0.25, 0.3) is 33.4 Å². The van der Waals surface area contributed by atoms with Crippen molar-refractivity contribution in [2.45, 2.75) is 19.0 Å². The van der Waals surface area contributed by atoms with Crippen LogP contribution in [0.1, 0.15) is 18.4 Å². The van der Waals surface area contributed by atoms with Crippen LogP contribution in [0.2, 0.25) is 0 Å². The second-order valence-electron chi connectivity index (χ2n) is 7.51. The first kappa shape index (κ1) is 22.7. The zero-order chi connectivity index (χ0) is 23.6. The Bertz CT molecular complexity index is 1260. The first-order chi connectivity index (χ1) is 15.8. The fraction of sp³-hybridized carbons (Fsp3) is 0.261. The number of fused-ring (bicyclic) bond motifs is 1. The van der Waals surface area contributed by atoms with Gasteiger partial charge in [-0.2, -0.15) is 23.3 Å². The van der Waals surface area contributed by atoms with Crippen molar-refractivity contribution >= 4 is 17.0 Å². The SMILES string of the molecule is Cn1nc(-c2[c]cc(-c3cc(C(F)(F)F)ccc3F)cc2)c2cnc(NCCCCN)nc21. The Kier molecular flexibility index (Phi) is 6.28. The molecule has 0 spiro atoms. The van der Waals surface area contributed by atoms with Crippen molar-refractivity contribution < 1.29 is 17.6 Å². The Balaban J connectivity index is 1.62. The Labute approximate surface area is 187 Å². The Hall–Kier alpha value is -3.53. The lowest BCUT2D eigenvalue weighted by atomic mass is 10.00. The summed E-state index contributed by atoms with van der Waals surface area (Å²) in [5.74, 6) is -0.263. The third-order valence-electron chi connectivity index (χ3n) is 5.17. The molecule has 0 saturated heterocycles. The number of alkyl halides is 3. The molecule has 0 aliphatic heterocycles. The normalized spacial score (nSPS) is 11.8.